The van der Waals surface area contributed by atoms with Crippen LogP contribution in [0.15, 0.2) is 56.6 Å². The van der Waals surface area contributed by atoms with Gasteiger partial charge in [-0.2, -0.15) is 8.42 Å². The third kappa shape index (κ3) is 2.95. The van der Waals surface area contributed by atoms with Gasteiger partial charge in [0.05, 0.1) is 7.11 Å². The van der Waals surface area contributed by atoms with E-state index in [-0.39, 0.29) is 16.0 Å². The highest BCUT2D eigenvalue weighted by molar-refractivity contribution is 9.10. The van der Waals surface area contributed by atoms with E-state index in [2.05, 4.69) is 20.9 Å². The molecule has 1 aromatic heterocycles. The number of rotatable bonds is 3. The zero-order valence-corrected chi connectivity index (χ0v) is 14.8. The van der Waals surface area contributed by atoms with Gasteiger partial charge in [-0.25, -0.2) is 0 Å². The molecule has 8 heteroatoms. The van der Waals surface area contributed by atoms with Crippen molar-refractivity contribution in [2.75, 3.05) is 7.11 Å². The van der Waals surface area contributed by atoms with E-state index in [0.717, 1.165) is 0 Å². The fourth-order valence-electron chi connectivity index (χ4n) is 2.58. The number of benzene rings is 2. The Labute approximate surface area is 146 Å². The molecule has 0 spiro atoms. The first kappa shape index (κ1) is 16.7. The number of methoxy groups -OCH3 is 1. The minimum atomic E-state index is -4.48. The molecule has 0 fully saturated rings. The monoisotopic (exact) mass is 409 g/mol. The molecule has 0 unspecified atom stereocenters. The minimum absolute atomic E-state index is 0.254. The van der Waals surface area contributed by atoms with Crippen molar-refractivity contribution in [3.05, 3.63) is 57.3 Å². The number of ether oxygens (including phenoxy) is 1. The van der Waals surface area contributed by atoms with Crippen molar-refractivity contribution in [3.8, 4) is 16.9 Å². The van der Waals surface area contributed by atoms with Gasteiger partial charge in [-0.3, -0.25) is 9.35 Å². The van der Waals surface area contributed by atoms with E-state index in [0.29, 0.717) is 26.7 Å². The molecule has 0 aliphatic rings. The summed E-state index contributed by atoms with van der Waals surface area (Å²) in [4.78, 5) is 13.9. The van der Waals surface area contributed by atoms with E-state index >= 15 is 0 Å². The zero-order valence-electron chi connectivity index (χ0n) is 12.4. The van der Waals surface area contributed by atoms with Crippen LogP contribution in [0, 0.1) is 0 Å². The molecular formula is C16H12BrNO5S. The summed E-state index contributed by atoms with van der Waals surface area (Å²) in [6.45, 7) is 0. The summed E-state index contributed by atoms with van der Waals surface area (Å²) < 4.78 is 39.4. The first-order chi connectivity index (χ1) is 11.3. The molecule has 6 nitrogen and oxygen atoms in total. The topological polar surface area (TPSA) is 96.5 Å². The number of pyridine rings is 1. The summed E-state index contributed by atoms with van der Waals surface area (Å²) in [7, 11) is -3.02. The van der Waals surface area contributed by atoms with E-state index in [1.165, 1.54) is 31.4 Å². The molecule has 0 aliphatic carbocycles. The van der Waals surface area contributed by atoms with Crippen LogP contribution in [0.4, 0.5) is 0 Å². The summed E-state index contributed by atoms with van der Waals surface area (Å²) in [6, 6.07) is 10.6. The van der Waals surface area contributed by atoms with Crippen molar-refractivity contribution in [2.45, 2.75) is 4.90 Å². The summed E-state index contributed by atoms with van der Waals surface area (Å²) in [6.07, 6.45) is 0. The average Bonchev–Trinajstić information content (AvgIpc) is 2.52. The van der Waals surface area contributed by atoms with E-state index in [4.69, 9.17) is 4.74 Å². The van der Waals surface area contributed by atoms with Crippen molar-refractivity contribution < 1.29 is 17.7 Å². The number of aromatic nitrogens is 1. The number of H-pyrrole nitrogens is 1. The second-order valence-electron chi connectivity index (χ2n) is 5.04. The van der Waals surface area contributed by atoms with Crippen LogP contribution in [-0.2, 0) is 10.1 Å². The molecule has 3 aromatic rings. The van der Waals surface area contributed by atoms with Gasteiger partial charge >= 0.3 is 0 Å². The number of halogens is 1. The van der Waals surface area contributed by atoms with Gasteiger partial charge in [0.1, 0.15) is 10.6 Å². The molecule has 2 aromatic carbocycles. The molecule has 0 saturated carbocycles. The van der Waals surface area contributed by atoms with Gasteiger partial charge in [0, 0.05) is 32.6 Å². The smallest absolute Gasteiger partial charge is 0.295 e. The zero-order chi connectivity index (χ0) is 17.5. The minimum Gasteiger partial charge on any atom is -0.496 e. The Hall–Kier alpha value is -2.16. The lowest BCUT2D eigenvalue weighted by Gasteiger charge is -2.15. The normalized spacial score (nSPS) is 11.6. The van der Waals surface area contributed by atoms with Crippen LogP contribution < -0.4 is 10.3 Å². The Morgan fingerprint density at radius 3 is 2.54 bits per heavy atom. The largest absolute Gasteiger partial charge is 0.496 e. The van der Waals surface area contributed by atoms with Crippen LogP contribution >= 0.6 is 15.9 Å². The molecule has 124 valence electrons. The predicted octanol–water partition coefficient (Wildman–Crippen LogP) is 3.21. The van der Waals surface area contributed by atoms with Crippen LogP contribution in [-0.4, -0.2) is 25.1 Å². The lowest BCUT2D eigenvalue weighted by Crippen LogP contribution is -2.06. The molecule has 0 aliphatic heterocycles. The van der Waals surface area contributed by atoms with Crippen LogP contribution in [0.25, 0.3) is 22.0 Å². The molecule has 0 bridgehead atoms. The summed E-state index contributed by atoms with van der Waals surface area (Å²) >= 11 is 3.35. The average molecular weight is 410 g/mol. The fourth-order valence-corrected chi connectivity index (χ4v) is 3.66. The van der Waals surface area contributed by atoms with Gasteiger partial charge in [0.25, 0.3) is 10.1 Å². The van der Waals surface area contributed by atoms with Crippen molar-refractivity contribution in [2.24, 2.45) is 0 Å². The van der Waals surface area contributed by atoms with Gasteiger partial charge in [-0.05, 0) is 36.4 Å². The maximum Gasteiger partial charge on any atom is 0.295 e. The number of nitrogens with one attached hydrogen (secondary N) is 1. The summed E-state index contributed by atoms with van der Waals surface area (Å²) in [5, 5.41) is 0.473. The third-order valence-electron chi connectivity index (χ3n) is 3.58. The van der Waals surface area contributed by atoms with Crippen LogP contribution in [0.2, 0.25) is 0 Å². The predicted molar refractivity (Wildman–Crippen MR) is 94.1 cm³/mol. The second kappa shape index (κ2) is 6.04. The standard InChI is InChI=1S/C16H12BrNO5S/c1-23-13-5-2-9(17)8-11(13)16-10-3-7-15(19)18-12(10)4-6-14(16)24(20,21)22/h2-8H,1H3,(H,18,19)(H,20,21,22). The molecule has 24 heavy (non-hydrogen) atoms. The van der Waals surface area contributed by atoms with E-state index in [9.17, 15) is 17.8 Å². The Kier molecular flexibility index (Phi) is 4.20. The molecule has 1 heterocycles. The van der Waals surface area contributed by atoms with E-state index in [1.807, 2.05) is 0 Å². The lowest BCUT2D eigenvalue weighted by molar-refractivity contribution is 0.416. The molecule has 0 amide bonds. The fraction of sp³-hybridized carbons (Fsp3) is 0.0625. The maximum atomic E-state index is 11.9. The van der Waals surface area contributed by atoms with Gasteiger partial charge in [0.2, 0.25) is 5.56 Å². The number of hydrogen-bond acceptors (Lipinski definition) is 4. The van der Waals surface area contributed by atoms with Crippen LogP contribution in [0.1, 0.15) is 0 Å². The molecule has 0 saturated heterocycles. The Morgan fingerprint density at radius 2 is 1.88 bits per heavy atom. The molecule has 3 rings (SSSR count). The molecule has 0 radical (unpaired) electrons. The Balaban J connectivity index is 2.53. The van der Waals surface area contributed by atoms with Crippen LogP contribution in [0.3, 0.4) is 0 Å². The van der Waals surface area contributed by atoms with Crippen molar-refractivity contribution in [3.63, 3.8) is 0 Å². The highest BCUT2D eigenvalue weighted by atomic mass is 79.9. The second-order valence-corrected chi connectivity index (χ2v) is 7.35. The number of aromatic amines is 1. The van der Waals surface area contributed by atoms with Gasteiger partial charge < -0.3 is 9.72 Å². The number of fused-ring (bicyclic) bond motifs is 1. The van der Waals surface area contributed by atoms with E-state index in [1.54, 1.807) is 18.2 Å². The van der Waals surface area contributed by atoms with Crippen LogP contribution in [0.5, 0.6) is 5.75 Å². The first-order valence-electron chi connectivity index (χ1n) is 6.78. The van der Waals surface area contributed by atoms with Gasteiger partial charge in [-0.1, -0.05) is 15.9 Å². The van der Waals surface area contributed by atoms with E-state index < -0.39 is 10.1 Å². The molecular weight excluding hydrogens is 398 g/mol. The maximum absolute atomic E-state index is 11.9. The van der Waals surface area contributed by atoms with Gasteiger partial charge in [-0.15, -0.1) is 0 Å². The summed E-state index contributed by atoms with van der Waals surface area (Å²) in [5.74, 6) is 0.432. The SMILES string of the molecule is COc1ccc(Br)cc1-c1c(S(=O)(=O)O)ccc2[nH]c(=O)ccc12. The van der Waals surface area contributed by atoms with Crippen molar-refractivity contribution >= 4 is 37.0 Å². The quantitative estimate of drug-likeness (QED) is 0.647. The highest BCUT2D eigenvalue weighted by Gasteiger charge is 2.22. The summed E-state index contributed by atoms with van der Waals surface area (Å²) in [5.41, 5.74) is 0.864. The highest BCUT2D eigenvalue weighted by Crippen LogP contribution is 2.40. The van der Waals surface area contributed by atoms with Crippen molar-refractivity contribution in [1.82, 2.24) is 4.98 Å². The first-order valence-corrected chi connectivity index (χ1v) is 9.02. The third-order valence-corrected chi connectivity index (χ3v) is 4.96. The lowest BCUT2D eigenvalue weighted by atomic mass is 9.99. The number of hydrogen-bond donors (Lipinski definition) is 2. The molecule has 2 N–H and O–H groups in total. The Bertz CT molecular complexity index is 1110. The van der Waals surface area contributed by atoms with Gasteiger partial charge in [0.15, 0.2) is 0 Å². The van der Waals surface area contributed by atoms with Crippen molar-refractivity contribution in [1.29, 1.82) is 0 Å². The molecule has 0 atom stereocenters. The Morgan fingerprint density at radius 1 is 1.12 bits per heavy atom.